The van der Waals surface area contributed by atoms with Gasteiger partial charge in [0.05, 0.1) is 19.9 Å². The van der Waals surface area contributed by atoms with E-state index in [9.17, 15) is 9.59 Å². The number of ether oxygens (including phenoxy) is 2. The number of benzene rings is 1. The number of anilines is 1. The van der Waals surface area contributed by atoms with Crippen molar-refractivity contribution < 1.29 is 19.1 Å². The molecule has 0 atom stereocenters. The monoisotopic (exact) mass is 346 g/mol. The van der Waals surface area contributed by atoms with E-state index in [1.165, 1.54) is 0 Å². The van der Waals surface area contributed by atoms with Gasteiger partial charge in [0.25, 0.3) is 0 Å². The number of rotatable bonds is 7. The number of nitrogens with one attached hydrogen (secondary N) is 2. The Bertz CT molecular complexity index is 622. The summed E-state index contributed by atoms with van der Waals surface area (Å²) in [5, 5.41) is 5.75. The molecule has 1 fully saturated rings. The Kier molecular flexibility index (Phi) is 6.86. The highest BCUT2D eigenvalue weighted by Crippen LogP contribution is 2.32. The molecule has 1 saturated carbocycles. The number of amides is 2. The van der Waals surface area contributed by atoms with Crippen LogP contribution in [-0.2, 0) is 9.59 Å². The lowest BCUT2D eigenvalue weighted by molar-refractivity contribution is -0.128. The van der Waals surface area contributed by atoms with E-state index in [-0.39, 0.29) is 23.7 Å². The van der Waals surface area contributed by atoms with Gasteiger partial charge >= 0.3 is 0 Å². The second-order valence-electron chi connectivity index (χ2n) is 6.14. The molecular weight excluding hydrogens is 320 g/mol. The van der Waals surface area contributed by atoms with Gasteiger partial charge in [-0.1, -0.05) is 6.08 Å². The van der Waals surface area contributed by atoms with Gasteiger partial charge in [-0.3, -0.25) is 9.59 Å². The Morgan fingerprint density at radius 3 is 2.32 bits per heavy atom. The lowest BCUT2D eigenvalue weighted by Gasteiger charge is -2.27. The predicted octanol–water partition coefficient (Wildman–Crippen LogP) is 2.75. The number of methoxy groups -OCH3 is 2. The summed E-state index contributed by atoms with van der Waals surface area (Å²) in [6, 6.07) is 5.28. The number of carbonyl (C=O) groups excluding carboxylic acids is 2. The third-order valence-corrected chi connectivity index (χ3v) is 4.56. The first-order valence-electron chi connectivity index (χ1n) is 8.50. The fourth-order valence-corrected chi connectivity index (χ4v) is 3.07. The molecule has 0 spiro atoms. The van der Waals surface area contributed by atoms with E-state index in [0.717, 1.165) is 12.8 Å². The highest BCUT2D eigenvalue weighted by atomic mass is 16.5. The van der Waals surface area contributed by atoms with Crippen LogP contribution < -0.4 is 20.1 Å². The Morgan fingerprint density at radius 1 is 1.12 bits per heavy atom. The van der Waals surface area contributed by atoms with Gasteiger partial charge in [0, 0.05) is 24.4 Å². The van der Waals surface area contributed by atoms with Crippen molar-refractivity contribution in [2.24, 2.45) is 11.8 Å². The molecule has 6 nitrogen and oxygen atoms in total. The molecule has 1 aromatic rings. The summed E-state index contributed by atoms with van der Waals surface area (Å²) < 4.78 is 10.5. The molecule has 1 aliphatic carbocycles. The summed E-state index contributed by atoms with van der Waals surface area (Å²) in [5.74, 6) is 1.14. The van der Waals surface area contributed by atoms with Gasteiger partial charge in [0.2, 0.25) is 11.8 Å². The maximum absolute atomic E-state index is 12.5. The molecule has 0 saturated heterocycles. The second-order valence-corrected chi connectivity index (χ2v) is 6.14. The Balaban J connectivity index is 1.90. The number of hydrogen-bond donors (Lipinski definition) is 2. The van der Waals surface area contributed by atoms with Crippen LogP contribution in [0.5, 0.6) is 11.5 Å². The molecule has 6 heteroatoms. The maximum atomic E-state index is 12.5. The van der Waals surface area contributed by atoms with Crippen molar-refractivity contribution in [3.63, 3.8) is 0 Å². The van der Waals surface area contributed by atoms with Gasteiger partial charge in [0.1, 0.15) is 11.5 Å². The largest absolute Gasteiger partial charge is 0.497 e. The first-order chi connectivity index (χ1) is 12.1. The zero-order chi connectivity index (χ0) is 18.2. The van der Waals surface area contributed by atoms with Crippen LogP contribution in [0.15, 0.2) is 30.9 Å². The predicted molar refractivity (Wildman–Crippen MR) is 96.8 cm³/mol. The van der Waals surface area contributed by atoms with Crippen LogP contribution in [0.25, 0.3) is 0 Å². The summed E-state index contributed by atoms with van der Waals surface area (Å²) in [6.45, 7) is 4.07. The van der Waals surface area contributed by atoms with Crippen molar-refractivity contribution in [3.05, 3.63) is 30.9 Å². The van der Waals surface area contributed by atoms with Crippen LogP contribution in [0.2, 0.25) is 0 Å². The number of hydrogen-bond acceptors (Lipinski definition) is 4. The van der Waals surface area contributed by atoms with Crippen LogP contribution in [0, 0.1) is 11.8 Å². The minimum absolute atomic E-state index is 0.0143. The Hall–Kier alpha value is -2.50. The zero-order valence-electron chi connectivity index (χ0n) is 14.8. The second kappa shape index (κ2) is 9.11. The molecule has 136 valence electrons. The van der Waals surface area contributed by atoms with Crippen molar-refractivity contribution in [3.8, 4) is 11.5 Å². The van der Waals surface area contributed by atoms with Crippen LogP contribution in [0.1, 0.15) is 25.7 Å². The molecule has 0 aliphatic heterocycles. The average molecular weight is 346 g/mol. The highest BCUT2D eigenvalue weighted by Gasteiger charge is 2.30. The van der Waals surface area contributed by atoms with E-state index in [0.29, 0.717) is 36.6 Å². The fraction of sp³-hybridized carbons (Fsp3) is 0.474. The van der Waals surface area contributed by atoms with Crippen LogP contribution in [-0.4, -0.2) is 32.6 Å². The molecule has 2 rings (SSSR count). The third kappa shape index (κ3) is 4.98. The van der Waals surface area contributed by atoms with Crippen LogP contribution in [0.3, 0.4) is 0 Å². The first-order valence-corrected chi connectivity index (χ1v) is 8.50. The van der Waals surface area contributed by atoms with E-state index in [1.54, 1.807) is 38.5 Å². The van der Waals surface area contributed by atoms with E-state index in [4.69, 9.17) is 9.47 Å². The molecule has 0 aromatic heterocycles. The lowest BCUT2D eigenvalue weighted by atomic mass is 9.81. The van der Waals surface area contributed by atoms with Crippen molar-refractivity contribution in [2.45, 2.75) is 25.7 Å². The van der Waals surface area contributed by atoms with E-state index >= 15 is 0 Å². The van der Waals surface area contributed by atoms with Crippen LogP contribution >= 0.6 is 0 Å². The Labute approximate surface area is 148 Å². The summed E-state index contributed by atoms with van der Waals surface area (Å²) in [6.07, 6.45) is 4.52. The minimum atomic E-state index is -0.0877. The molecular formula is C19H26N2O4. The minimum Gasteiger partial charge on any atom is -0.497 e. The maximum Gasteiger partial charge on any atom is 0.227 e. The summed E-state index contributed by atoms with van der Waals surface area (Å²) in [4.78, 5) is 24.5. The molecule has 0 unspecified atom stereocenters. The average Bonchev–Trinajstić information content (AvgIpc) is 2.66. The summed E-state index contributed by atoms with van der Waals surface area (Å²) in [5.41, 5.74) is 0.624. The summed E-state index contributed by atoms with van der Waals surface area (Å²) >= 11 is 0. The van der Waals surface area contributed by atoms with Gasteiger partial charge in [-0.15, -0.1) is 6.58 Å². The summed E-state index contributed by atoms with van der Waals surface area (Å²) in [7, 11) is 3.13. The molecule has 25 heavy (non-hydrogen) atoms. The fourth-order valence-electron chi connectivity index (χ4n) is 3.07. The van der Waals surface area contributed by atoms with Crippen molar-refractivity contribution >= 4 is 17.5 Å². The highest BCUT2D eigenvalue weighted by molar-refractivity contribution is 5.94. The van der Waals surface area contributed by atoms with Crippen molar-refractivity contribution in [2.75, 3.05) is 26.1 Å². The molecule has 2 amide bonds. The zero-order valence-corrected chi connectivity index (χ0v) is 14.8. The number of carbonyl (C=O) groups is 2. The van der Waals surface area contributed by atoms with Gasteiger partial charge in [0.15, 0.2) is 0 Å². The lowest BCUT2D eigenvalue weighted by Crippen LogP contribution is -2.35. The quantitative estimate of drug-likeness (QED) is 0.744. The third-order valence-electron chi connectivity index (χ3n) is 4.56. The molecule has 2 N–H and O–H groups in total. The van der Waals surface area contributed by atoms with Crippen molar-refractivity contribution in [1.82, 2.24) is 5.32 Å². The Morgan fingerprint density at radius 2 is 1.76 bits per heavy atom. The standard InChI is InChI=1S/C19H26N2O4/c1-4-11-20-18(22)13-5-7-14(8-6-13)19(23)21-16-10-9-15(24-2)12-17(16)25-3/h4,9-10,12-14H,1,5-8,11H2,2-3H3,(H,20,22)(H,21,23). The van der Waals surface area contributed by atoms with Gasteiger partial charge in [-0.05, 0) is 37.8 Å². The molecule has 1 aromatic carbocycles. The molecule has 0 bridgehead atoms. The van der Waals surface area contributed by atoms with Gasteiger partial charge in [-0.2, -0.15) is 0 Å². The van der Waals surface area contributed by atoms with Gasteiger partial charge < -0.3 is 20.1 Å². The van der Waals surface area contributed by atoms with Crippen molar-refractivity contribution in [1.29, 1.82) is 0 Å². The van der Waals surface area contributed by atoms with Gasteiger partial charge in [-0.25, -0.2) is 0 Å². The first kappa shape index (κ1) is 18.8. The van der Waals surface area contributed by atoms with E-state index in [1.807, 2.05) is 0 Å². The SMILES string of the molecule is C=CCNC(=O)C1CCC(C(=O)Nc2ccc(OC)cc2OC)CC1. The van der Waals surface area contributed by atoms with Crippen LogP contribution in [0.4, 0.5) is 5.69 Å². The normalized spacial score (nSPS) is 19.6. The van der Waals surface area contributed by atoms with E-state index < -0.39 is 0 Å². The smallest absolute Gasteiger partial charge is 0.227 e. The molecule has 0 radical (unpaired) electrons. The molecule has 0 heterocycles. The molecule has 1 aliphatic rings. The van der Waals surface area contributed by atoms with E-state index in [2.05, 4.69) is 17.2 Å². The topological polar surface area (TPSA) is 76.7 Å².